The van der Waals surface area contributed by atoms with Crippen LogP contribution in [-0.4, -0.2) is 19.7 Å². The van der Waals surface area contributed by atoms with Crippen LogP contribution in [-0.2, 0) is 0 Å². The van der Waals surface area contributed by atoms with E-state index in [1.54, 1.807) is 17.1 Å². The van der Waals surface area contributed by atoms with E-state index < -0.39 is 0 Å². The molecule has 0 atom stereocenters. The molecule has 3 aromatic rings. The highest BCUT2D eigenvalue weighted by molar-refractivity contribution is 9.10. The summed E-state index contributed by atoms with van der Waals surface area (Å²) < 4.78 is 2.64. The number of halogens is 2. The summed E-state index contributed by atoms with van der Waals surface area (Å²) in [4.78, 5) is 4.40. The summed E-state index contributed by atoms with van der Waals surface area (Å²) in [6.07, 6.45) is 3.32. The van der Waals surface area contributed by atoms with Crippen molar-refractivity contribution in [1.82, 2.24) is 19.7 Å². The Hall–Kier alpha value is -1.46. The molecule has 1 aromatic carbocycles. The molecule has 0 aliphatic carbocycles. The Morgan fingerprint density at radius 3 is 2.94 bits per heavy atom. The lowest BCUT2D eigenvalue weighted by atomic mass is 10.2. The van der Waals surface area contributed by atoms with E-state index in [9.17, 15) is 0 Å². The van der Waals surface area contributed by atoms with Crippen LogP contribution in [0.25, 0.3) is 16.6 Å². The van der Waals surface area contributed by atoms with Crippen LogP contribution in [0.3, 0.4) is 0 Å². The average molecular weight is 310 g/mol. The summed E-state index contributed by atoms with van der Waals surface area (Å²) in [6, 6.07) is 7.87. The maximum absolute atomic E-state index is 5.96. The fourth-order valence-corrected chi connectivity index (χ4v) is 2.22. The number of para-hydroxylation sites is 1. The van der Waals surface area contributed by atoms with E-state index in [-0.39, 0.29) is 0 Å². The van der Waals surface area contributed by atoms with Crippen LogP contribution in [0.15, 0.2) is 41.3 Å². The molecule has 0 amide bonds. The number of rotatable bonds is 1. The van der Waals surface area contributed by atoms with Crippen molar-refractivity contribution in [3.05, 3.63) is 46.5 Å². The Balaban J connectivity index is 2.34. The molecular weight excluding hydrogens is 304 g/mol. The number of fused-ring (bicyclic) bond motifs is 1. The third kappa shape index (κ3) is 1.81. The maximum Gasteiger partial charge on any atom is 0.229 e. The Labute approximate surface area is 110 Å². The molecule has 2 aromatic heterocycles. The van der Waals surface area contributed by atoms with Crippen molar-refractivity contribution in [2.75, 3.05) is 0 Å². The average Bonchev–Trinajstić information content (AvgIpc) is 2.74. The van der Waals surface area contributed by atoms with Crippen molar-refractivity contribution in [1.29, 1.82) is 0 Å². The van der Waals surface area contributed by atoms with Gasteiger partial charge in [-0.1, -0.05) is 12.1 Å². The fourth-order valence-electron chi connectivity index (χ4n) is 1.69. The zero-order valence-corrected chi connectivity index (χ0v) is 10.9. The van der Waals surface area contributed by atoms with Gasteiger partial charge >= 0.3 is 0 Å². The smallest absolute Gasteiger partial charge is 0.229 e. The predicted molar refractivity (Wildman–Crippen MR) is 69.4 cm³/mol. The van der Waals surface area contributed by atoms with Crippen LogP contribution in [0.1, 0.15) is 0 Å². The normalized spacial score (nSPS) is 10.9. The van der Waals surface area contributed by atoms with E-state index in [4.69, 9.17) is 11.6 Å². The molecule has 0 radical (unpaired) electrons. The minimum Gasteiger partial charge on any atom is -0.270 e. The molecule has 4 nitrogen and oxygen atoms in total. The van der Waals surface area contributed by atoms with Gasteiger partial charge in [-0.2, -0.15) is 0 Å². The van der Waals surface area contributed by atoms with Crippen LogP contribution in [0.5, 0.6) is 0 Å². The second-order valence-corrected chi connectivity index (χ2v) is 4.73. The lowest BCUT2D eigenvalue weighted by Crippen LogP contribution is -1.95. The van der Waals surface area contributed by atoms with Gasteiger partial charge in [0.2, 0.25) is 5.28 Å². The summed E-state index contributed by atoms with van der Waals surface area (Å²) in [6.45, 7) is 0. The number of aromatic nitrogens is 4. The molecule has 0 N–H and O–H groups in total. The third-order valence-electron chi connectivity index (χ3n) is 2.42. The lowest BCUT2D eigenvalue weighted by Gasteiger charge is -2.06. The van der Waals surface area contributed by atoms with Gasteiger partial charge in [-0.3, -0.25) is 9.55 Å². The van der Waals surface area contributed by atoms with Crippen LogP contribution in [0.4, 0.5) is 0 Å². The van der Waals surface area contributed by atoms with Gasteiger partial charge < -0.3 is 0 Å². The minimum atomic E-state index is 0.321. The van der Waals surface area contributed by atoms with Gasteiger partial charge in [-0.05, 0) is 39.7 Å². The van der Waals surface area contributed by atoms with Gasteiger partial charge in [-0.25, -0.2) is 0 Å². The first-order valence-corrected chi connectivity index (χ1v) is 6.03. The zero-order valence-electron chi connectivity index (χ0n) is 8.51. The van der Waals surface area contributed by atoms with E-state index in [0.29, 0.717) is 5.28 Å². The Kier molecular flexibility index (Phi) is 2.57. The van der Waals surface area contributed by atoms with Crippen molar-refractivity contribution in [3.63, 3.8) is 0 Å². The summed E-state index contributed by atoms with van der Waals surface area (Å²) in [7, 11) is 0. The summed E-state index contributed by atoms with van der Waals surface area (Å²) >= 11 is 9.36. The van der Waals surface area contributed by atoms with Gasteiger partial charge in [0.1, 0.15) is 6.33 Å². The summed E-state index contributed by atoms with van der Waals surface area (Å²) in [5.41, 5.74) is 1.72. The predicted octanol–water partition coefficient (Wildman–Crippen LogP) is 3.23. The molecule has 0 spiro atoms. The van der Waals surface area contributed by atoms with Gasteiger partial charge in [0.05, 0.1) is 11.2 Å². The van der Waals surface area contributed by atoms with Crippen molar-refractivity contribution in [3.8, 4) is 5.69 Å². The quantitative estimate of drug-likeness (QED) is 0.693. The Bertz CT molecular complexity index is 695. The van der Waals surface area contributed by atoms with Crippen molar-refractivity contribution < 1.29 is 0 Å². The van der Waals surface area contributed by atoms with Gasteiger partial charge in [-0.15, -0.1) is 10.2 Å². The molecule has 6 heteroatoms. The molecule has 0 fully saturated rings. The van der Waals surface area contributed by atoms with Crippen molar-refractivity contribution >= 4 is 38.4 Å². The maximum atomic E-state index is 5.96. The van der Waals surface area contributed by atoms with Gasteiger partial charge in [0.25, 0.3) is 0 Å². The van der Waals surface area contributed by atoms with Gasteiger partial charge in [0.15, 0.2) is 0 Å². The molecule has 0 unspecified atom stereocenters. The number of hydrogen-bond donors (Lipinski definition) is 0. The molecule has 0 saturated heterocycles. The van der Waals surface area contributed by atoms with Crippen LogP contribution in [0.2, 0.25) is 5.28 Å². The first-order chi connectivity index (χ1) is 8.25. The summed E-state index contributed by atoms with van der Waals surface area (Å²) in [5, 5.41) is 8.88. The number of nitrogens with zero attached hydrogens (tertiary/aromatic N) is 4. The van der Waals surface area contributed by atoms with E-state index in [2.05, 4.69) is 31.1 Å². The highest BCUT2D eigenvalue weighted by Crippen LogP contribution is 2.24. The van der Waals surface area contributed by atoms with E-state index in [1.165, 1.54) is 0 Å². The Morgan fingerprint density at radius 2 is 2.18 bits per heavy atom. The molecule has 0 aliphatic heterocycles. The lowest BCUT2D eigenvalue weighted by molar-refractivity contribution is 1.06. The molecule has 0 aliphatic rings. The molecule has 0 bridgehead atoms. The second kappa shape index (κ2) is 4.09. The van der Waals surface area contributed by atoms with Crippen LogP contribution < -0.4 is 0 Å². The van der Waals surface area contributed by atoms with E-state index in [0.717, 1.165) is 21.1 Å². The number of pyridine rings is 1. The molecular formula is C11H6BrClN4. The number of benzene rings is 1. The van der Waals surface area contributed by atoms with Crippen molar-refractivity contribution in [2.45, 2.75) is 0 Å². The first-order valence-electron chi connectivity index (χ1n) is 4.86. The molecule has 17 heavy (non-hydrogen) atoms. The first kappa shape index (κ1) is 10.7. The topological polar surface area (TPSA) is 43.6 Å². The van der Waals surface area contributed by atoms with Crippen molar-refractivity contribution in [2.24, 2.45) is 0 Å². The fraction of sp³-hybridized carbons (Fsp3) is 0. The standard InChI is InChI=1S/C11H6BrClN4/c12-8-4-7-2-1-3-9(10(7)14-5-8)17-6-15-16-11(17)13/h1-6H. The zero-order chi connectivity index (χ0) is 11.8. The molecule has 3 rings (SSSR count). The highest BCUT2D eigenvalue weighted by Gasteiger charge is 2.08. The van der Waals surface area contributed by atoms with E-state index in [1.807, 2.05) is 24.3 Å². The van der Waals surface area contributed by atoms with E-state index >= 15 is 0 Å². The highest BCUT2D eigenvalue weighted by atomic mass is 79.9. The largest absolute Gasteiger partial charge is 0.270 e. The molecule has 84 valence electrons. The molecule has 2 heterocycles. The summed E-state index contributed by atoms with van der Waals surface area (Å²) in [5.74, 6) is 0. The second-order valence-electron chi connectivity index (χ2n) is 3.47. The van der Waals surface area contributed by atoms with Crippen LogP contribution >= 0.6 is 27.5 Å². The van der Waals surface area contributed by atoms with Crippen LogP contribution in [0, 0.1) is 0 Å². The number of hydrogen-bond acceptors (Lipinski definition) is 3. The minimum absolute atomic E-state index is 0.321. The SMILES string of the molecule is Clc1nncn1-c1cccc2cc(Br)cnc12. The van der Waals surface area contributed by atoms with Gasteiger partial charge in [0, 0.05) is 16.1 Å². The third-order valence-corrected chi connectivity index (χ3v) is 3.11. The monoisotopic (exact) mass is 308 g/mol. The molecule has 0 saturated carbocycles. The Morgan fingerprint density at radius 1 is 1.29 bits per heavy atom.